The number of hydrogen-bond acceptors (Lipinski definition) is 4. The number of ether oxygens (including phenoxy) is 1. The summed E-state index contributed by atoms with van der Waals surface area (Å²) >= 11 is 0. The summed E-state index contributed by atoms with van der Waals surface area (Å²) in [7, 11) is 0. The Morgan fingerprint density at radius 1 is 0.853 bits per heavy atom. The molecule has 2 fully saturated rings. The monoisotopic (exact) mass is 462 g/mol. The van der Waals surface area contributed by atoms with Crippen LogP contribution in [0.15, 0.2) is 48.5 Å². The molecule has 2 amide bonds. The maximum Gasteiger partial charge on any atom is 0.407 e. The Balaban J connectivity index is 1.08. The second-order valence-corrected chi connectivity index (χ2v) is 9.82. The van der Waals surface area contributed by atoms with E-state index in [9.17, 15) is 14.4 Å². The van der Waals surface area contributed by atoms with Crippen molar-refractivity contribution in [1.29, 1.82) is 0 Å². The largest absolute Gasteiger partial charge is 0.481 e. The van der Waals surface area contributed by atoms with Gasteiger partial charge in [0, 0.05) is 30.3 Å². The predicted octanol–water partition coefficient (Wildman–Crippen LogP) is 4.06. The quantitative estimate of drug-likeness (QED) is 0.576. The fourth-order valence-corrected chi connectivity index (χ4v) is 5.74. The number of carboxylic acid groups (broad SMARTS) is 1. The van der Waals surface area contributed by atoms with Gasteiger partial charge in [0.05, 0.1) is 0 Å². The molecule has 0 heterocycles. The Kier molecular flexibility index (Phi) is 6.26. The van der Waals surface area contributed by atoms with Crippen LogP contribution in [0.5, 0.6) is 0 Å². The molecular formula is C27H30N2O5. The highest BCUT2D eigenvalue weighted by molar-refractivity contribution is 5.80. The fraction of sp³-hybridized carbons (Fsp3) is 0.444. The Bertz CT molecular complexity index is 1050. The van der Waals surface area contributed by atoms with E-state index in [1.807, 2.05) is 24.3 Å². The molecule has 3 N–H and O–H groups in total. The minimum absolute atomic E-state index is 0.00983. The molecule has 178 valence electrons. The van der Waals surface area contributed by atoms with Crippen molar-refractivity contribution in [2.75, 3.05) is 6.61 Å². The molecule has 0 saturated heterocycles. The lowest BCUT2D eigenvalue weighted by atomic mass is 9.78. The van der Waals surface area contributed by atoms with Crippen LogP contribution in [0.1, 0.15) is 55.6 Å². The van der Waals surface area contributed by atoms with E-state index in [4.69, 9.17) is 9.84 Å². The highest BCUT2D eigenvalue weighted by atomic mass is 16.5. The summed E-state index contributed by atoms with van der Waals surface area (Å²) in [5, 5.41) is 14.8. The van der Waals surface area contributed by atoms with Crippen LogP contribution in [0.2, 0.25) is 0 Å². The van der Waals surface area contributed by atoms with Crippen LogP contribution >= 0.6 is 0 Å². The third kappa shape index (κ3) is 4.65. The summed E-state index contributed by atoms with van der Waals surface area (Å²) in [5.74, 6) is -0.720. The number of carboxylic acids is 1. The van der Waals surface area contributed by atoms with Gasteiger partial charge in [-0.05, 0) is 60.3 Å². The first-order valence-corrected chi connectivity index (χ1v) is 12.1. The molecule has 2 atom stereocenters. The lowest BCUT2D eigenvalue weighted by Gasteiger charge is -2.35. The molecule has 0 spiro atoms. The minimum atomic E-state index is -0.785. The smallest absolute Gasteiger partial charge is 0.407 e. The van der Waals surface area contributed by atoms with E-state index in [1.54, 1.807) is 0 Å². The first kappa shape index (κ1) is 22.4. The SMILES string of the molecule is O=C(O)CC1CC(NC(=O)C2CCC(NC(=O)OCC3c4ccccc4-c4ccccc43)C2)C1. The number of carbonyl (C=O) groups is 3. The van der Waals surface area contributed by atoms with E-state index in [0.717, 1.165) is 25.7 Å². The summed E-state index contributed by atoms with van der Waals surface area (Å²) in [5.41, 5.74) is 4.74. The Morgan fingerprint density at radius 2 is 1.50 bits per heavy atom. The second-order valence-electron chi connectivity index (χ2n) is 9.82. The van der Waals surface area contributed by atoms with Gasteiger partial charge in [0.1, 0.15) is 6.61 Å². The van der Waals surface area contributed by atoms with Gasteiger partial charge in [0.2, 0.25) is 5.91 Å². The maximum absolute atomic E-state index is 12.6. The molecule has 0 aliphatic heterocycles. The van der Waals surface area contributed by atoms with Crippen molar-refractivity contribution in [2.24, 2.45) is 11.8 Å². The lowest BCUT2D eigenvalue weighted by molar-refractivity contribution is -0.139. The molecule has 0 radical (unpaired) electrons. The van der Waals surface area contributed by atoms with E-state index in [1.165, 1.54) is 22.3 Å². The summed E-state index contributed by atoms with van der Waals surface area (Å²) in [6.07, 6.45) is 3.25. The first-order chi connectivity index (χ1) is 16.5. The average molecular weight is 463 g/mol. The van der Waals surface area contributed by atoms with Crippen LogP contribution < -0.4 is 10.6 Å². The zero-order valence-corrected chi connectivity index (χ0v) is 19.0. The van der Waals surface area contributed by atoms with E-state index < -0.39 is 12.1 Å². The van der Waals surface area contributed by atoms with Gasteiger partial charge in [-0.3, -0.25) is 9.59 Å². The molecule has 34 heavy (non-hydrogen) atoms. The lowest BCUT2D eigenvalue weighted by Crippen LogP contribution is -2.46. The molecular weight excluding hydrogens is 432 g/mol. The summed E-state index contributed by atoms with van der Waals surface area (Å²) in [6, 6.07) is 16.5. The van der Waals surface area contributed by atoms with Crippen LogP contribution in [0.3, 0.4) is 0 Å². The Morgan fingerprint density at radius 3 is 2.15 bits per heavy atom. The molecule has 3 aliphatic rings. The molecule has 2 saturated carbocycles. The number of hydrogen-bond donors (Lipinski definition) is 3. The molecule has 2 aromatic rings. The van der Waals surface area contributed by atoms with E-state index >= 15 is 0 Å². The van der Waals surface area contributed by atoms with Crippen molar-refractivity contribution in [3.8, 4) is 11.1 Å². The predicted molar refractivity (Wildman–Crippen MR) is 126 cm³/mol. The van der Waals surface area contributed by atoms with Crippen molar-refractivity contribution in [3.05, 3.63) is 59.7 Å². The van der Waals surface area contributed by atoms with Crippen molar-refractivity contribution in [3.63, 3.8) is 0 Å². The minimum Gasteiger partial charge on any atom is -0.481 e. The van der Waals surface area contributed by atoms with Crippen LogP contribution in [-0.2, 0) is 14.3 Å². The topological polar surface area (TPSA) is 105 Å². The number of amides is 2. The van der Waals surface area contributed by atoms with Crippen LogP contribution in [-0.4, -0.2) is 41.8 Å². The van der Waals surface area contributed by atoms with E-state index in [2.05, 4.69) is 34.9 Å². The number of aliphatic carboxylic acids is 1. The number of alkyl carbamates (subject to hydrolysis) is 1. The number of benzene rings is 2. The van der Waals surface area contributed by atoms with Gasteiger partial charge in [-0.15, -0.1) is 0 Å². The maximum atomic E-state index is 12.6. The van der Waals surface area contributed by atoms with Crippen LogP contribution in [0.4, 0.5) is 4.79 Å². The summed E-state index contributed by atoms with van der Waals surface area (Å²) < 4.78 is 5.63. The van der Waals surface area contributed by atoms with Gasteiger partial charge < -0.3 is 20.5 Å². The Hall–Kier alpha value is -3.35. The van der Waals surface area contributed by atoms with Gasteiger partial charge in [0.15, 0.2) is 0 Å². The number of nitrogens with one attached hydrogen (secondary N) is 2. The zero-order chi connectivity index (χ0) is 23.7. The van der Waals surface area contributed by atoms with Gasteiger partial charge in [-0.1, -0.05) is 48.5 Å². The van der Waals surface area contributed by atoms with Crippen molar-refractivity contribution < 1.29 is 24.2 Å². The molecule has 0 aromatic heterocycles. The zero-order valence-electron chi connectivity index (χ0n) is 19.0. The summed E-state index contributed by atoms with van der Waals surface area (Å²) in [6.45, 7) is 0.273. The van der Waals surface area contributed by atoms with Crippen LogP contribution in [0, 0.1) is 11.8 Å². The third-order valence-electron chi connectivity index (χ3n) is 7.51. The number of fused-ring (bicyclic) bond motifs is 3. The van der Waals surface area contributed by atoms with Crippen LogP contribution in [0.25, 0.3) is 11.1 Å². The molecule has 5 rings (SSSR count). The van der Waals surface area contributed by atoms with Gasteiger partial charge in [0.25, 0.3) is 0 Å². The van der Waals surface area contributed by atoms with Crippen molar-refractivity contribution in [1.82, 2.24) is 10.6 Å². The van der Waals surface area contributed by atoms with Crippen molar-refractivity contribution >= 4 is 18.0 Å². The second kappa shape index (κ2) is 9.49. The van der Waals surface area contributed by atoms with E-state index in [0.29, 0.717) is 6.42 Å². The Labute approximate surface area is 198 Å². The van der Waals surface area contributed by atoms with Gasteiger partial charge in [-0.2, -0.15) is 0 Å². The molecule has 3 aliphatic carbocycles. The molecule has 7 nitrogen and oxygen atoms in total. The number of carbonyl (C=O) groups excluding carboxylic acids is 2. The standard InChI is InChI=1S/C27H30N2O5/c30-25(31)13-16-11-19(12-16)28-26(32)17-9-10-18(14-17)29-27(33)34-15-24-22-7-3-1-5-20(22)21-6-2-4-8-23(21)24/h1-8,16-19,24H,9-15H2,(H,28,32)(H,29,33)(H,30,31). The molecule has 0 bridgehead atoms. The molecule has 7 heteroatoms. The highest BCUT2D eigenvalue weighted by Gasteiger charge is 2.36. The first-order valence-electron chi connectivity index (χ1n) is 12.1. The average Bonchev–Trinajstić information content (AvgIpc) is 3.39. The number of rotatable bonds is 7. The van der Waals surface area contributed by atoms with Gasteiger partial charge in [-0.25, -0.2) is 4.79 Å². The molecule has 2 unspecified atom stereocenters. The van der Waals surface area contributed by atoms with E-state index in [-0.39, 0.29) is 48.8 Å². The fourth-order valence-electron chi connectivity index (χ4n) is 5.74. The molecule has 2 aromatic carbocycles. The van der Waals surface area contributed by atoms with Crippen molar-refractivity contribution in [2.45, 2.75) is 56.5 Å². The highest BCUT2D eigenvalue weighted by Crippen LogP contribution is 2.44. The third-order valence-corrected chi connectivity index (χ3v) is 7.51. The summed E-state index contributed by atoms with van der Waals surface area (Å²) in [4.78, 5) is 35.9. The normalized spacial score (nSPS) is 25.1. The van der Waals surface area contributed by atoms with Gasteiger partial charge >= 0.3 is 12.1 Å².